The van der Waals surface area contributed by atoms with Crippen LogP contribution in [0.25, 0.3) is 0 Å². The first-order valence-electron chi connectivity index (χ1n) is 11.1. The molecule has 174 valence electrons. The first-order valence-corrected chi connectivity index (χ1v) is 11.1. The Labute approximate surface area is 193 Å². The fourth-order valence-electron chi connectivity index (χ4n) is 4.73. The minimum absolute atomic E-state index is 0.0525. The number of aliphatic hydroxyl groups is 5. The minimum atomic E-state index is -2.04. The van der Waals surface area contributed by atoms with Crippen LogP contribution in [0.4, 0.5) is 0 Å². The average molecular weight is 451 g/mol. The second-order valence-electron chi connectivity index (χ2n) is 8.86. The van der Waals surface area contributed by atoms with Crippen LogP contribution in [0.2, 0.25) is 0 Å². The van der Waals surface area contributed by atoms with Crippen LogP contribution in [-0.4, -0.2) is 61.3 Å². The molecule has 1 heterocycles. The molecule has 5 N–H and O–H groups in total. The highest BCUT2D eigenvalue weighted by Crippen LogP contribution is 2.42. The van der Waals surface area contributed by atoms with Gasteiger partial charge >= 0.3 is 0 Å². The van der Waals surface area contributed by atoms with E-state index in [9.17, 15) is 25.5 Å². The molecule has 33 heavy (non-hydrogen) atoms. The fourth-order valence-corrected chi connectivity index (χ4v) is 4.73. The summed E-state index contributed by atoms with van der Waals surface area (Å²) >= 11 is 0. The lowest BCUT2D eigenvalue weighted by atomic mass is 9.72. The number of rotatable bonds is 8. The van der Waals surface area contributed by atoms with Gasteiger partial charge in [0, 0.05) is 19.3 Å². The third-order valence-corrected chi connectivity index (χ3v) is 6.47. The molecule has 1 aliphatic heterocycles. The Balaban J connectivity index is 1.73. The summed E-state index contributed by atoms with van der Waals surface area (Å²) in [6.45, 7) is 0. The van der Waals surface area contributed by atoms with Gasteiger partial charge in [0.1, 0.15) is 23.4 Å². The molecule has 0 spiro atoms. The Hall–Kier alpha value is -2.58. The molecule has 6 nitrogen and oxygen atoms in total. The summed E-state index contributed by atoms with van der Waals surface area (Å²) in [6.07, 6.45) is -6.24. The molecule has 0 radical (unpaired) electrons. The van der Waals surface area contributed by atoms with Gasteiger partial charge in [-0.1, -0.05) is 91.0 Å². The summed E-state index contributed by atoms with van der Waals surface area (Å²) in [6, 6.07) is 27.3. The molecule has 3 aromatic carbocycles. The maximum absolute atomic E-state index is 12.0. The van der Waals surface area contributed by atoms with E-state index in [0.29, 0.717) is 11.1 Å². The van der Waals surface area contributed by atoms with Crippen molar-refractivity contribution in [2.45, 2.75) is 55.1 Å². The predicted octanol–water partition coefficient (Wildman–Crippen LogP) is 1.62. The maximum Gasteiger partial charge on any atom is 0.184 e. The summed E-state index contributed by atoms with van der Waals surface area (Å²) in [5, 5.41) is 56.1. The lowest BCUT2D eigenvalue weighted by Gasteiger charge is -2.44. The zero-order valence-corrected chi connectivity index (χ0v) is 18.2. The molecule has 0 bridgehead atoms. The van der Waals surface area contributed by atoms with Crippen molar-refractivity contribution >= 4 is 0 Å². The van der Waals surface area contributed by atoms with E-state index in [4.69, 9.17) is 4.74 Å². The van der Waals surface area contributed by atoms with Gasteiger partial charge < -0.3 is 30.3 Å². The Bertz CT molecular complexity index is 1010. The van der Waals surface area contributed by atoms with Crippen molar-refractivity contribution in [3.05, 3.63) is 108 Å². The van der Waals surface area contributed by atoms with E-state index in [1.54, 1.807) is 36.4 Å². The quantitative estimate of drug-likeness (QED) is 0.357. The fraction of sp³-hybridized carbons (Fsp3) is 0.333. The number of hydrogen-bond acceptors (Lipinski definition) is 6. The molecule has 1 fully saturated rings. The summed E-state index contributed by atoms with van der Waals surface area (Å²) in [7, 11) is 0. The Morgan fingerprint density at radius 3 is 1.82 bits per heavy atom. The van der Waals surface area contributed by atoms with E-state index >= 15 is 0 Å². The highest BCUT2D eigenvalue weighted by Gasteiger charge is 2.63. The highest BCUT2D eigenvalue weighted by molar-refractivity contribution is 5.26. The third kappa shape index (κ3) is 4.87. The molecule has 4 rings (SSSR count). The molecule has 1 aliphatic rings. The average Bonchev–Trinajstić information content (AvgIpc) is 3.05. The Morgan fingerprint density at radius 1 is 0.788 bits per heavy atom. The van der Waals surface area contributed by atoms with Crippen molar-refractivity contribution in [1.29, 1.82) is 0 Å². The lowest BCUT2D eigenvalue weighted by Crippen LogP contribution is -2.65. The van der Waals surface area contributed by atoms with E-state index in [2.05, 4.69) is 0 Å². The van der Waals surface area contributed by atoms with E-state index < -0.39 is 35.8 Å². The van der Waals surface area contributed by atoms with Crippen LogP contribution in [0, 0.1) is 0 Å². The van der Waals surface area contributed by atoms with Gasteiger partial charge in [0.05, 0.1) is 6.10 Å². The first kappa shape index (κ1) is 23.6. The molecule has 6 atom stereocenters. The minimum Gasteiger partial charge on any atom is -0.390 e. The second-order valence-corrected chi connectivity index (χ2v) is 8.86. The Kier molecular flexibility index (Phi) is 6.95. The van der Waals surface area contributed by atoms with Gasteiger partial charge in [0.2, 0.25) is 0 Å². The van der Waals surface area contributed by atoms with Crippen molar-refractivity contribution in [2.24, 2.45) is 0 Å². The Morgan fingerprint density at radius 2 is 1.27 bits per heavy atom. The lowest BCUT2D eigenvalue weighted by molar-refractivity contribution is -0.217. The van der Waals surface area contributed by atoms with Gasteiger partial charge in [-0.3, -0.25) is 0 Å². The summed E-state index contributed by atoms with van der Waals surface area (Å²) in [5.74, 6) is 0. The normalized spacial score (nSPS) is 27.7. The van der Waals surface area contributed by atoms with Crippen molar-refractivity contribution in [3.63, 3.8) is 0 Å². The zero-order valence-electron chi connectivity index (χ0n) is 18.2. The van der Waals surface area contributed by atoms with E-state index in [-0.39, 0.29) is 19.3 Å². The molecule has 6 heteroatoms. The van der Waals surface area contributed by atoms with E-state index in [1.165, 1.54) is 0 Å². The molecule has 1 saturated heterocycles. The highest BCUT2D eigenvalue weighted by atomic mass is 16.7. The standard InChI is InChI=1S/C27H30O6/c28-22(16-19-10-4-1-5-11-19)26(31,17-20-12-6-2-7-13-20)25-27(32,23(29)24(30)33-25)18-21-14-8-3-9-15-21/h1-15,22-25,28-32H,16-18H2/t22?,23-,24?,25+,26?,27+/m0/s1. The van der Waals surface area contributed by atoms with Crippen molar-refractivity contribution < 1.29 is 30.3 Å². The van der Waals surface area contributed by atoms with Gasteiger partial charge in [-0.25, -0.2) is 0 Å². The van der Waals surface area contributed by atoms with Gasteiger partial charge in [-0.05, 0) is 16.7 Å². The molecule has 0 saturated carbocycles. The van der Waals surface area contributed by atoms with Gasteiger partial charge in [-0.15, -0.1) is 0 Å². The molecule has 3 unspecified atom stereocenters. The van der Waals surface area contributed by atoms with Crippen LogP contribution in [0.15, 0.2) is 91.0 Å². The van der Waals surface area contributed by atoms with Crippen LogP contribution in [0.3, 0.4) is 0 Å². The summed E-state index contributed by atoms with van der Waals surface area (Å²) in [4.78, 5) is 0. The van der Waals surface area contributed by atoms with Crippen LogP contribution >= 0.6 is 0 Å². The molecular formula is C27H30O6. The SMILES string of the molecule is OC1O[C@H](C(O)(Cc2ccccc2)C(O)Cc2ccccc2)[C@@](O)(Cc2ccccc2)[C@H]1O. The van der Waals surface area contributed by atoms with E-state index in [1.807, 2.05) is 54.6 Å². The second kappa shape index (κ2) is 9.73. The summed E-state index contributed by atoms with van der Waals surface area (Å²) < 4.78 is 5.60. The first-order chi connectivity index (χ1) is 15.8. The van der Waals surface area contributed by atoms with Crippen LogP contribution in [0.1, 0.15) is 16.7 Å². The van der Waals surface area contributed by atoms with Gasteiger partial charge in [0.15, 0.2) is 6.29 Å². The number of ether oxygens (including phenoxy) is 1. The van der Waals surface area contributed by atoms with Crippen molar-refractivity contribution in [1.82, 2.24) is 0 Å². The summed E-state index contributed by atoms with van der Waals surface area (Å²) in [5.41, 5.74) is -1.85. The largest absolute Gasteiger partial charge is 0.390 e. The van der Waals surface area contributed by atoms with Crippen molar-refractivity contribution in [2.75, 3.05) is 0 Å². The zero-order chi connectivity index (χ0) is 23.5. The molecule has 0 amide bonds. The van der Waals surface area contributed by atoms with Crippen LogP contribution < -0.4 is 0 Å². The molecule has 0 aliphatic carbocycles. The van der Waals surface area contributed by atoms with Crippen molar-refractivity contribution in [3.8, 4) is 0 Å². The number of hydrogen-bond donors (Lipinski definition) is 5. The third-order valence-electron chi connectivity index (χ3n) is 6.47. The molecule has 0 aromatic heterocycles. The number of aliphatic hydroxyl groups excluding tert-OH is 3. The smallest absolute Gasteiger partial charge is 0.184 e. The van der Waals surface area contributed by atoms with Crippen LogP contribution in [-0.2, 0) is 24.0 Å². The van der Waals surface area contributed by atoms with Gasteiger partial charge in [-0.2, -0.15) is 0 Å². The topological polar surface area (TPSA) is 110 Å². The molecule has 3 aromatic rings. The maximum atomic E-state index is 12.0. The predicted molar refractivity (Wildman–Crippen MR) is 123 cm³/mol. The van der Waals surface area contributed by atoms with E-state index in [0.717, 1.165) is 5.56 Å². The van der Waals surface area contributed by atoms with Crippen LogP contribution in [0.5, 0.6) is 0 Å². The monoisotopic (exact) mass is 450 g/mol. The molecular weight excluding hydrogens is 420 g/mol. The van der Waals surface area contributed by atoms with Gasteiger partial charge in [0.25, 0.3) is 0 Å². The number of benzene rings is 3.